The molecular weight excluding hydrogens is 1330 g/mol. The average Bonchev–Trinajstić information content (AvgIpc) is 1.61. The standard InChI is InChI=1S/3C32H27BO3/c1-31(2)32(3,4)36-33(35-31)28-15-14-23(24-11-7-8-12-25(24)28)22-13-16-29-26(18-22)27-17-20-9-5-6-10-21(20)19-30(27)34-29;1-31(2)32(3,4)36-33(35-31)24-13-14-26-22(16-24)10-7-11-25(26)23-12-15-29-27(18-23)28-17-20-8-5-6-9-21(20)19-30(28)34-29;1-31(2)32(3,4)36-33(35-31)24-14-12-20-10-7-11-25(27(20)19-24)23-13-15-26-28-16-21-8-5-6-9-22(21)17-30(28)34-29(26)18-23/h3*5-19H,1-4H3. The Bertz CT molecular complexity index is 6650. The van der Waals surface area contributed by atoms with Crippen molar-refractivity contribution in [3.63, 3.8) is 0 Å². The largest absolute Gasteiger partial charge is 0.495 e. The average molecular weight is 1410 g/mol. The lowest BCUT2D eigenvalue weighted by molar-refractivity contribution is 0.00578. The van der Waals surface area contributed by atoms with E-state index in [1.54, 1.807) is 0 Å². The van der Waals surface area contributed by atoms with Gasteiger partial charge in [0.1, 0.15) is 33.5 Å². The first kappa shape index (κ1) is 67.8. The molecule has 108 heavy (non-hydrogen) atoms. The summed E-state index contributed by atoms with van der Waals surface area (Å²) in [7, 11) is -1.16. The predicted octanol–water partition coefficient (Wildman–Crippen LogP) is 23.6. The van der Waals surface area contributed by atoms with Gasteiger partial charge in [-0.2, -0.15) is 0 Å². The Morgan fingerprint density at radius 3 is 1.06 bits per heavy atom. The summed E-state index contributed by atoms with van der Waals surface area (Å²) in [5.41, 5.74) is 13.4. The minimum Gasteiger partial charge on any atom is -0.456 e. The van der Waals surface area contributed by atoms with Crippen molar-refractivity contribution < 1.29 is 41.2 Å². The number of hydrogen-bond acceptors (Lipinski definition) is 9. The molecule has 0 aliphatic carbocycles. The number of furan rings is 3. The van der Waals surface area contributed by atoms with Crippen molar-refractivity contribution in [3.8, 4) is 33.4 Å². The molecule has 0 unspecified atom stereocenters. The normalized spacial score (nSPS) is 17.1. The predicted molar refractivity (Wildman–Crippen MR) is 450 cm³/mol. The van der Waals surface area contributed by atoms with Crippen molar-refractivity contribution in [1.29, 1.82) is 0 Å². The second kappa shape index (κ2) is 24.9. The summed E-state index contributed by atoms with van der Waals surface area (Å²) in [4.78, 5) is 0. The SMILES string of the molecule is CC1(C)OB(c2ccc(-c3ccc4oc5cc6ccccc6cc5c4c3)c3ccccc23)OC1(C)C.CC1(C)OB(c2ccc3c(-c4ccc5oc6cc7ccccc7cc6c5c4)cccc3c2)OC1(C)C.CC1(C)OB(c2ccc3cccc(-c4ccc5c(c4)oc4cc6ccccc6cc45)c3c2)OC1(C)C. The first-order valence-corrected chi connectivity index (χ1v) is 37.6. The highest BCUT2D eigenvalue weighted by Crippen LogP contribution is 2.45. The molecule has 18 aromatic rings. The molecular formula is C96H81B3O9. The van der Waals surface area contributed by atoms with Crippen LogP contribution >= 0.6 is 0 Å². The van der Waals surface area contributed by atoms with Crippen LogP contribution in [0.1, 0.15) is 83.1 Å². The van der Waals surface area contributed by atoms with Gasteiger partial charge < -0.3 is 41.2 Å². The Balaban J connectivity index is 0.000000110. The molecule has 0 saturated carbocycles. The van der Waals surface area contributed by atoms with E-state index in [9.17, 15) is 0 Å². The molecule has 3 aliphatic heterocycles. The van der Waals surface area contributed by atoms with E-state index in [0.717, 1.165) is 98.7 Å². The maximum absolute atomic E-state index is 6.40. The summed E-state index contributed by atoms with van der Waals surface area (Å²) in [5.74, 6) is 0. The Labute approximate surface area is 628 Å². The first-order valence-electron chi connectivity index (χ1n) is 37.6. The van der Waals surface area contributed by atoms with Gasteiger partial charge >= 0.3 is 21.4 Å². The second-order valence-electron chi connectivity index (χ2n) is 32.6. The topological polar surface area (TPSA) is 94.8 Å². The second-order valence-corrected chi connectivity index (χ2v) is 32.6. The fourth-order valence-electron chi connectivity index (χ4n) is 16.0. The monoisotopic (exact) mass is 1410 g/mol. The third-order valence-electron chi connectivity index (χ3n) is 24.3. The molecule has 0 radical (unpaired) electrons. The maximum Gasteiger partial charge on any atom is 0.495 e. The van der Waals surface area contributed by atoms with Crippen molar-refractivity contribution in [2.24, 2.45) is 0 Å². The Kier molecular flexibility index (Phi) is 15.6. The number of benzene rings is 15. The molecule has 12 heteroatoms. The smallest absolute Gasteiger partial charge is 0.456 e. The van der Waals surface area contributed by atoms with E-state index in [1.165, 1.54) is 81.5 Å². The van der Waals surface area contributed by atoms with Crippen molar-refractivity contribution in [2.45, 2.75) is 117 Å². The molecule has 3 aliphatic rings. The van der Waals surface area contributed by atoms with Gasteiger partial charge in [0, 0.05) is 32.3 Å². The lowest BCUT2D eigenvalue weighted by atomic mass is 9.75. The molecule has 0 spiro atoms. The highest BCUT2D eigenvalue weighted by molar-refractivity contribution is 6.65. The van der Waals surface area contributed by atoms with Crippen molar-refractivity contribution >= 4 is 168 Å². The van der Waals surface area contributed by atoms with Gasteiger partial charge in [-0.25, -0.2) is 0 Å². The van der Waals surface area contributed by atoms with Crippen molar-refractivity contribution in [3.05, 3.63) is 273 Å². The molecule has 9 nitrogen and oxygen atoms in total. The van der Waals surface area contributed by atoms with Crippen LogP contribution in [-0.4, -0.2) is 55.0 Å². The maximum atomic E-state index is 6.40. The third-order valence-corrected chi connectivity index (χ3v) is 24.3. The quantitative estimate of drug-likeness (QED) is 0.151. The van der Waals surface area contributed by atoms with Gasteiger partial charge in [-0.15, -0.1) is 0 Å². The number of fused-ring (bicyclic) bond motifs is 15. The minimum atomic E-state index is -0.400. The zero-order valence-electron chi connectivity index (χ0n) is 62.9. The third kappa shape index (κ3) is 11.4. The summed E-state index contributed by atoms with van der Waals surface area (Å²) in [6.07, 6.45) is 0. The zero-order chi connectivity index (χ0) is 74.0. The lowest BCUT2D eigenvalue weighted by Crippen LogP contribution is -2.41. The molecule has 3 saturated heterocycles. The summed E-state index contributed by atoms with van der Waals surface area (Å²) < 4.78 is 56.8. The summed E-state index contributed by atoms with van der Waals surface area (Å²) >= 11 is 0. The van der Waals surface area contributed by atoms with E-state index in [4.69, 9.17) is 41.2 Å². The van der Waals surface area contributed by atoms with Gasteiger partial charge in [-0.05, 0) is 270 Å². The molecule has 6 heterocycles. The fourth-order valence-corrected chi connectivity index (χ4v) is 16.0. The Morgan fingerprint density at radius 1 is 0.194 bits per heavy atom. The van der Waals surface area contributed by atoms with Crippen LogP contribution in [0, 0.1) is 0 Å². The lowest BCUT2D eigenvalue weighted by Gasteiger charge is -2.32. The van der Waals surface area contributed by atoms with Crippen LogP contribution in [0.15, 0.2) is 286 Å². The van der Waals surface area contributed by atoms with Gasteiger partial charge in [-0.1, -0.05) is 200 Å². The van der Waals surface area contributed by atoms with Crippen LogP contribution in [0.4, 0.5) is 0 Å². The number of hydrogen-bond donors (Lipinski definition) is 0. The fraction of sp³-hybridized carbons (Fsp3) is 0.188. The van der Waals surface area contributed by atoms with Crippen LogP contribution in [0.5, 0.6) is 0 Å². The molecule has 15 aromatic carbocycles. The van der Waals surface area contributed by atoms with Gasteiger partial charge in [0.05, 0.1) is 33.6 Å². The van der Waals surface area contributed by atoms with E-state index in [1.807, 2.05) is 0 Å². The highest BCUT2D eigenvalue weighted by atomic mass is 16.7. The number of rotatable bonds is 6. The molecule has 3 aromatic heterocycles. The Morgan fingerprint density at radius 2 is 0.546 bits per heavy atom. The molecule has 0 N–H and O–H groups in total. The highest BCUT2D eigenvalue weighted by Gasteiger charge is 2.54. The van der Waals surface area contributed by atoms with Gasteiger partial charge in [0.25, 0.3) is 0 Å². The van der Waals surface area contributed by atoms with E-state index < -0.39 is 7.12 Å². The molecule has 3 fully saturated rings. The summed E-state index contributed by atoms with van der Waals surface area (Å²) in [5, 5.41) is 21.1. The van der Waals surface area contributed by atoms with Crippen molar-refractivity contribution in [2.75, 3.05) is 0 Å². The van der Waals surface area contributed by atoms with E-state index in [0.29, 0.717) is 0 Å². The van der Waals surface area contributed by atoms with Gasteiger partial charge in [0.2, 0.25) is 0 Å². The van der Waals surface area contributed by atoms with Crippen LogP contribution < -0.4 is 16.4 Å². The summed E-state index contributed by atoms with van der Waals surface area (Å²) in [6, 6.07) is 96.7. The summed E-state index contributed by atoms with van der Waals surface area (Å²) in [6.45, 7) is 25.1. The van der Waals surface area contributed by atoms with Gasteiger partial charge in [-0.3, -0.25) is 0 Å². The van der Waals surface area contributed by atoms with E-state index in [-0.39, 0.29) is 47.8 Å². The zero-order valence-corrected chi connectivity index (χ0v) is 62.9. The molecule has 0 bridgehead atoms. The minimum absolute atomic E-state index is 0.359. The Hall–Kier alpha value is -10.8. The molecule has 21 rings (SSSR count). The molecule has 0 atom stereocenters. The van der Waals surface area contributed by atoms with Crippen LogP contribution in [-0.2, 0) is 27.9 Å². The van der Waals surface area contributed by atoms with Crippen molar-refractivity contribution in [1.82, 2.24) is 0 Å². The molecule has 528 valence electrons. The van der Waals surface area contributed by atoms with Gasteiger partial charge in [0.15, 0.2) is 0 Å². The van der Waals surface area contributed by atoms with Crippen LogP contribution in [0.25, 0.3) is 164 Å². The van der Waals surface area contributed by atoms with E-state index >= 15 is 0 Å². The molecule has 0 amide bonds. The first-order chi connectivity index (χ1) is 51.9. The van der Waals surface area contributed by atoms with Crippen LogP contribution in [0.2, 0.25) is 0 Å². The van der Waals surface area contributed by atoms with E-state index in [2.05, 4.69) is 356 Å². The van der Waals surface area contributed by atoms with Crippen LogP contribution in [0.3, 0.4) is 0 Å².